The SMILES string of the molecule is CCC(C)N(CC)c1ccccc1C. The van der Waals surface area contributed by atoms with E-state index in [0.717, 1.165) is 6.54 Å². The molecule has 0 fully saturated rings. The van der Waals surface area contributed by atoms with Crippen LogP contribution in [-0.2, 0) is 0 Å². The molecule has 0 saturated carbocycles. The van der Waals surface area contributed by atoms with Crippen LogP contribution in [0.1, 0.15) is 32.8 Å². The molecule has 1 atom stereocenters. The molecule has 1 rings (SSSR count). The topological polar surface area (TPSA) is 3.24 Å². The quantitative estimate of drug-likeness (QED) is 0.702. The number of anilines is 1. The molecule has 0 heterocycles. The number of benzene rings is 1. The van der Waals surface area contributed by atoms with Gasteiger partial charge in [0, 0.05) is 18.3 Å². The fourth-order valence-corrected chi connectivity index (χ4v) is 1.83. The standard InChI is InChI=1S/C13H21N/c1-5-12(4)14(6-2)13-10-8-7-9-11(13)3/h7-10,12H,5-6H2,1-4H3. The number of rotatable bonds is 4. The van der Waals surface area contributed by atoms with E-state index in [2.05, 4.69) is 56.9 Å². The maximum atomic E-state index is 2.47. The first-order chi connectivity index (χ1) is 6.70. The third-order valence-electron chi connectivity index (χ3n) is 2.89. The molecule has 1 nitrogen and oxygen atoms in total. The van der Waals surface area contributed by atoms with Crippen molar-refractivity contribution in [3.63, 3.8) is 0 Å². The Labute approximate surface area is 87.7 Å². The van der Waals surface area contributed by atoms with Crippen LogP contribution in [0, 0.1) is 6.92 Å². The number of hydrogen-bond donors (Lipinski definition) is 0. The van der Waals surface area contributed by atoms with Crippen LogP contribution in [0.3, 0.4) is 0 Å². The fourth-order valence-electron chi connectivity index (χ4n) is 1.83. The van der Waals surface area contributed by atoms with Crippen molar-refractivity contribution in [1.29, 1.82) is 0 Å². The first-order valence-electron chi connectivity index (χ1n) is 5.53. The fraction of sp³-hybridized carbons (Fsp3) is 0.538. The average molecular weight is 191 g/mol. The molecular weight excluding hydrogens is 170 g/mol. The van der Waals surface area contributed by atoms with Gasteiger partial charge in [-0.15, -0.1) is 0 Å². The van der Waals surface area contributed by atoms with Crippen LogP contribution in [0.4, 0.5) is 5.69 Å². The monoisotopic (exact) mass is 191 g/mol. The molecule has 1 unspecified atom stereocenters. The molecule has 0 saturated heterocycles. The van der Waals surface area contributed by atoms with Crippen LogP contribution in [0.2, 0.25) is 0 Å². The van der Waals surface area contributed by atoms with Gasteiger partial charge in [0.1, 0.15) is 0 Å². The van der Waals surface area contributed by atoms with Gasteiger partial charge in [-0.05, 0) is 38.8 Å². The maximum absolute atomic E-state index is 2.47. The van der Waals surface area contributed by atoms with Crippen LogP contribution in [0.5, 0.6) is 0 Å². The lowest BCUT2D eigenvalue weighted by atomic mass is 10.1. The van der Waals surface area contributed by atoms with Gasteiger partial charge in [0.15, 0.2) is 0 Å². The summed E-state index contributed by atoms with van der Waals surface area (Å²) in [7, 11) is 0. The van der Waals surface area contributed by atoms with Crippen molar-refractivity contribution in [1.82, 2.24) is 0 Å². The van der Waals surface area contributed by atoms with E-state index < -0.39 is 0 Å². The van der Waals surface area contributed by atoms with Gasteiger partial charge in [-0.25, -0.2) is 0 Å². The van der Waals surface area contributed by atoms with E-state index >= 15 is 0 Å². The molecule has 0 bridgehead atoms. The Balaban J connectivity index is 2.94. The predicted molar refractivity (Wildman–Crippen MR) is 64.0 cm³/mol. The maximum Gasteiger partial charge on any atom is 0.0398 e. The molecular formula is C13H21N. The summed E-state index contributed by atoms with van der Waals surface area (Å²) in [5.74, 6) is 0. The molecule has 78 valence electrons. The molecule has 1 aromatic carbocycles. The largest absolute Gasteiger partial charge is 0.369 e. The zero-order chi connectivity index (χ0) is 10.6. The van der Waals surface area contributed by atoms with E-state index in [1.54, 1.807) is 0 Å². The predicted octanol–water partition coefficient (Wildman–Crippen LogP) is 3.62. The molecule has 0 radical (unpaired) electrons. The molecule has 0 aliphatic carbocycles. The minimum atomic E-state index is 0.626. The van der Waals surface area contributed by atoms with Crippen molar-refractivity contribution >= 4 is 5.69 Å². The summed E-state index contributed by atoms with van der Waals surface area (Å²) in [5.41, 5.74) is 2.75. The van der Waals surface area contributed by atoms with Crippen molar-refractivity contribution in [2.45, 2.75) is 40.2 Å². The molecule has 1 aromatic rings. The lowest BCUT2D eigenvalue weighted by Crippen LogP contribution is -2.32. The van der Waals surface area contributed by atoms with Gasteiger partial charge in [0.25, 0.3) is 0 Å². The molecule has 0 spiro atoms. The smallest absolute Gasteiger partial charge is 0.0398 e. The third kappa shape index (κ3) is 2.28. The Hall–Kier alpha value is -0.980. The first-order valence-corrected chi connectivity index (χ1v) is 5.53. The van der Waals surface area contributed by atoms with Crippen LogP contribution < -0.4 is 4.90 Å². The number of aryl methyl sites for hydroxylation is 1. The first kappa shape index (κ1) is 11.1. The Morgan fingerprint density at radius 2 is 1.86 bits per heavy atom. The Morgan fingerprint density at radius 1 is 1.21 bits per heavy atom. The second-order valence-corrected chi connectivity index (χ2v) is 3.83. The van der Waals surface area contributed by atoms with Gasteiger partial charge in [-0.2, -0.15) is 0 Å². The third-order valence-corrected chi connectivity index (χ3v) is 2.89. The summed E-state index contributed by atoms with van der Waals surface area (Å²) in [4.78, 5) is 2.47. The van der Waals surface area contributed by atoms with Crippen LogP contribution in [0.15, 0.2) is 24.3 Å². The van der Waals surface area contributed by atoms with E-state index in [1.807, 2.05) is 0 Å². The normalized spacial score (nSPS) is 12.6. The van der Waals surface area contributed by atoms with Crippen molar-refractivity contribution in [2.24, 2.45) is 0 Å². The Kier molecular flexibility index (Phi) is 3.99. The average Bonchev–Trinajstić information content (AvgIpc) is 2.21. The van der Waals surface area contributed by atoms with Crippen molar-refractivity contribution < 1.29 is 0 Å². The Bertz CT molecular complexity index is 280. The molecule has 1 heteroatoms. The molecule has 0 aromatic heterocycles. The minimum Gasteiger partial charge on any atom is -0.369 e. The second-order valence-electron chi connectivity index (χ2n) is 3.83. The molecule has 0 N–H and O–H groups in total. The molecule has 0 aliphatic heterocycles. The van der Waals surface area contributed by atoms with Crippen molar-refractivity contribution in [2.75, 3.05) is 11.4 Å². The molecule has 14 heavy (non-hydrogen) atoms. The lowest BCUT2D eigenvalue weighted by molar-refractivity contribution is 0.628. The van der Waals surface area contributed by atoms with Gasteiger partial charge >= 0.3 is 0 Å². The van der Waals surface area contributed by atoms with E-state index in [9.17, 15) is 0 Å². The van der Waals surface area contributed by atoms with Gasteiger partial charge in [-0.3, -0.25) is 0 Å². The Morgan fingerprint density at radius 3 is 2.36 bits per heavy atom. The molecule has 0 amide bonds. The van der Waals surface area contributed by atoms with E-state index in [-0.39, 0.29) is 0 Å². The van der Waals surface area contributed by atoms with Crippen LogP contribution in [0.25, 0.3) is 0 Å². The van der Waals surface area contributed by atoms with Crippen LogP contribution >= 0.6 is 0 Å². The van der Waals surface area contributed by atoms with E-state index in [1.165, 1.54) is 17.7 Å². The van der Waals surface area contributed by atoms with Gasteiger partial charge in [0.05, 0.1) is 0 Å². The van der Waals surface area contributed by atoms with Crippen LogP contribution in [-0.4, -0.2) is 12.6 Å². The summed E-state index contributed by atoms with van der Waals surface area (Å²) in [5, 5.41) is 0. The number of nitrogens with zero attached hydrogens (tertiary/aromatic N) is 1. The number of hydrogen-bond acceptors (Lipinski definition) is 1. The summed E-state index contributed by atoms with van der Waals surface area (Å²) in [6.45, 7) is 10.0. The minimum absolute atomic E-state index is 0.626. The van der Waals surface area contributed by atoms with Gasteiger partial charge in [0.2, 0.25) is 0 Å². The highest BCUT2D eigenvalue weighted by Crippen LogP contribution is 2.22. The van der Waals surface area contributed by atoms with Gasteiger partial charge < -0.3 is 4.90 Å². The highest BCUT2D eigenvalue weighted by Gasteiger charge is 2.11. The zero-order valence-corrected chi connectivity index (χ0v) is 9.75. The van der Waals surface area contributed by atoms with Crippen molar-refractivity contribution in [3.05, 3.63) is 29.8 Å². The zero-order valence-electron chi connectivity index (χ0n) is 9.75. The summed E-state index contributed by atoms with van der Waals surface area (Å²) in [6.07, 6.45) is 1.20. The summed E-state index contributed by atoms with van der Waals surface area (Å²) in [6, 6.07) is 9.24. The van der Waals surface area contributed by atoms with Gasteiger partial charge in [-0.1, -0.05) is 25.1 Å². The van der Waals surface area contributed by atoms with E-state index in [4.69, 9.17) is 0 Å². The number of para-hydroxylation sites is 1. The lowest BCUT2D eigenvalue weighted by Gasteiger charge is -2.30. The highest BCUT2D eigenvalue weighted by molar-refractivity contribution is 5.53. The van der Waals surface area contributed by atoms with E-state index in [0.29, 0.717) is 6.04 Å². The summed E-state index contributed by atoms with van der Waals surface area (Å²) < 4.78 is 0. The second kappa shape index (κ2) is 5.04. The molecule has 0 aliphatic rings. The summed E-state index contributed by atoms with van der Waals surface area (Å²) >= 11 is 0. The highest BCUT2D eigenvalue weighted by atomic mass is 15.1. The van der Waals surface area contributed by atoms with Crippen molar-refractivity contribution in [3.8, 4) is 0 Å².